The normalized spacial score (nSPS) is 11.5. The Hall–Kier alpha value is -2.22. The minimum Gasteiger partial charge on any atom is -0.351 e. The van der Waals surface area contributed by atoms with E-state index in [0.717, 1.165) is 19.5 Å². The van der Waals surface area contributed by atoms with Gasteiger partial charge in [0, 0.05) is 42.8 Å². The first-order valence-corrected chi connectivity index (χ1v) is 15.2. The van der Waals surface area contributed by atoms with Crippen molar-refractivity contribution in [2.45, 2.75) is 129 Å². The summed E-state index contributed by atoms with van der Waals surface area (Å²) in [4.78, 5) is 0. The Morgan fingerprint density at radius 2 is 1.03 bits per heavy atom. The molecule has 0 aliphatic rings. The zero-order valence-corrected chi connectivity index (χ0v) is 23.3. The van der Waals surface area contributed by atoms with Gasteiger partial charge in [0.1, 0.15) is 0 Å². The molecular formula is C34H52N2. The number of unbranched alkanes of at least 4 members (excludes halogenated alkanes) is 10. The van der Waals surface area contributed by atoms with E-state index in [-0.39, 0.29) is 0 Å². The minimum absolute atomic E-state index is 0.471. The molecule has 0 atom stereocenters. The predicted octanol–water partition coefficient (Wildman–Crippen LogP) is 10.2. The Bertz CT molecular complexity index is 865. The summed E-state index contributed by atoms with van der Waals surface area (Å²) < 4.78 is 5.13. The monoisotopic (exact) mass is 488 g/mol. The van der Waals surface area contributed by atoms with Crippen molar-refractivity contribution in [3.05, 3.63) is 83.9 Å². The average molecular weight is 489 g/mol. The molecule has 0 radical (unpaired) electrons. The number of benzene rings is 1. The number of aromatic nitrogens is 2. The summed E-state index contributed by atoms with van der Waals surface area (Å²) in [6.45, 7) is 6.91. The van der Waals surface area contributed by atoms with Gasteiger partial charge < -0.3 is 9.13 Å². The van der Waals surface area contributed by atoms with Gasteiger partial charge in [-0.2, -0.15) is 0 Å². The summed E-state index contributed by atoms with van der Waals surface area (Å²) in [5.41, 5.74) is 4.49. The molecule has 0 aliphatic carbocycles. The Morgan fingerprint density at radius 1 is 0.528 bits per heavy atom. The molecule has 0 bridgehead atoms. The van der Waals surface area contributed by atoms with Crippen LogP contribution >= 0.6 is 0 Å². The molecule has 3 rings (SSSR count). The third-order valence-corrected chi connectivity index (χ3v) is 7.75. The van der Waals surface area contributed by atoms with E-state index >= 15 is 0 Å². The maximum absolute atomic E-state index is 2.56. The van der Waals surface area contributed by atoms with Crippen LogP contribution in [0.5, 0.6) is 0 Å². The van der Waals surface area contributed by atoms with Crippen molar-refractivity contribution in [2.24, 2.45) is 0 Å². The zero-order chi connectivity index (χ0) is 25.3. The van der Waals surface area contributed by atoms with Gasteiger partial charge in [0.05, 0.1) is 0 Å². The number of rotatable bonds is 20. The molecule has 198 valence electrons. The molecule has 2 nitrogen and oxygen atoms in total. The quantitative estimate of drug-likeness (QED) is 0.140. The first-order valence-electron chi connectivity index (χ1n) is 15.2. The fraction of sp³-hybridized carbons (Fsp3) is 0.588. The summed E-state index contributed by atoms with van der Waals surface area (Å²) in [5, 5.41) is 0. The molecule has 2 aromatic heterocycles. The molecule has 36 heavy (non-hydrogen) atoms. The smallest absolute Gasteiger partial charge is 0.0396 e. The Labute approximate surface area is 222 Å². The highest BCUT2D eigenvalue weighted by molar-refractivity contribution is 5.26. The summed E-state index contributed by atoms with van der Waals surface area (Å²) in [7, 11) is 0. The number of nitrogens with zero attached hydrogens (tertiary/aromatic N) is 2. The molecule has 0 saturated carbocycles. The first-order chi connectivity index (χ1) is 17.8. The lowest BCUT2D eigenvalue weighted by Crippen LogP contribution is -2.14. The molecule has 0 unspecified atom stereocenters. The van der Waals surface area contributed by atoms with E-state index in [2.05, 4.69) is 90.0 Å². The summed E-state index contributed by atoms with van der Waals surface area (Å²) in [5.74, 6) is 0.471. The highest BCUT2D eigenvalue weighted by Gasteiger charge is 2.20. The highest BCUT2D eigenvalue weighted by atomic mass is 15.0. The van der Waals surface area contributed by atoms with Crippen LogP contribution in [0.25, 0.3) is 0 Å². The molecule has 0 aliphatic heterocycles. The van der Waals surface area contributed by atoms with E-state index in [1.807, 2.05) is 0 Å². The lowest BCUT2D eigenvalue weighted by Gasteiger charge is -2.22. The minimum atomic E-state index is 0.471. The van der Waals surface area contributed by atoms with Gasteiger partial charge in [-0.25, -0.2) is 0 Å². The van der Waals surface area contributed by atoms with Gasteiger partial charge in [0.25, 0.3) is 0 Å². The lowest BCUT2D eigenvalue weighted by molar-refractivity contribution is 0.507. The van der Waals surface area contributed by atoms with Crippen LogP contribution in [0.2, 0.25) is 0 Å². The molecule has 0 fully saturated rings. The fourth-order valence-electron chi connectivity index (χ4n) is 5.62. The summed E-state index contributed by atoms with van der Waals surface area (Å²) in [6.07, 6.45) is 24.5. The van der Waals surface area contributed by atoms with Crippen molar-refractivity contribution in [2.75, 3.05) is 0 Å². The van der Waals surface area contributed by atoms with E-state index in [1.54, 1.807) is 0 Å². The largest absolute Gasteiger partial charge is 0.351 e. The van der Waals surface area contributed by atoms with E-state index in [0.29, 0.717) is 5.92 Å². The molecule has 0 amide bonds. The van der Waals surface area contributed by atoms with Crippen molar-refractivity contribution in [1.82, 2.24) is 9.13 Å². The van der Waals surface area contributed by atoms with Crippen molar-refractivity contribution in [3.8, 4) is 0 Å². The maximum Gasteiger partial charge on any atom is 0.0396 e. The van der Waals surface area contributed by atoms with Crippen LogP contribution in [-0.4, -0.2) is 9.13 Å². The fourth-order valence-corrected chi connectivity index (χ4v) is 5.62. The van der Waals surface area contributed by atoms with Gasteiger partial charge in [0.15, 0.2) is 0 Å². The van der Waals surface area contributed by atoms with Crippen LogP contribution in [0.4, 0.5) is 0 Å². The topological polar surface area (TPSA) is 9.86 Å². The Kier molecular flexibility index (Phi) is 13.6. The van der Waals surface area contributed by atoms with E-state index in [9.17, 15) is 0 Å². The predicted molar refractivity (Wildman–Crippen MR) is 157 cm³/mol. The third kappa shape index (κ3) is 9.68. The highest BCUT2D eigenvalue weighted by Crippen LogP contribution is 2.31. The zero-order valence-electron chi connectivity index (χ0n) is 23.3. The van der Waals surface area contributed by atoms with Gasteiger partial charge in [0.2, 0.25) is 0 Å². The Balaban J connectivity index is 1.65. The van der Waals surface area contributed by atoms with Gasteiger partial charge in [-0.15, -0.1) is 0 Å². The van der Waals surface area contributed by atoms with Crippen LogP contribution in [0.15, 0.2) is 67.0 Å². The van der Waals surface area contributed by atoms with Gasteiger partial charge in [-0.05, 0) is 61.9 Å². The van der Waals surface area contributed by atoms with Crippen LogP contribution < -0.4 is 0 Å². The third-order valence-electron chi connectivity index (χ3n) is 7.75. The van der Waals surface area contributed by atoms with Gasteiger partial charge in [-0.3, -0.25) is 0 Å². The number of hydrogen-bond acceptors (Lipinski definition) is 0. The second kappa shape index (κ2) is 17.3. The second-order valence-corrected chi connectivity index (χ2v) is 10.7. The maximum atomic E-state index is 2.56. The van der Waals surface area contributed by atoms with Crippen molar-refractivity contribution in [1.29, 1.82) is 0 Å². The second-order valence-electron chi connectivity index (χ2n) is 10.7. The standard InChI is InChI=1S/C34H52N2/c1-3-5-7-9-11-16-27-35-29-19-25-33(35)32(24-18-23-31-21-14-13-15-22-31)34-26-20-30-36(34)28-17-12-10-8-6-4-2/h13-15,19-22,25-26,29-30,32H,3-12,16-18,23-24,27-28H2,1-2H3. The van der Waals surface area contributed by atoms with E-state index in [4.69, 9.17) is 0 Å². The molecule has 1 aromatic carbocycles. The Morgan fingerprint density at radius 3 is 1.56 bits per heavy atom. The van der Waals surface area contributed by atoms with Crippen LogP contribution in [0.1, 0.15) is 127 Å². The van der Waals surface area contributed by atoms with Crippen LogP contribution in [-0.2, 0) is 19.5 Å². The average Bonchev–Trinajstić information content (AvgIpc) is 3.56. The molecule has 2 heteroatoms. The molecule has 3 aromatic rings. The lowest BCUT2D eigenvalue weighted by atomic mass is 9.93. The van der Waals surface area contributed by atoms with E-state index in [1.165, 1.54) is 107 Å². The van der Waals surface area contributed by atoms with Gasteiger partial charge >= 0.3 is 0 Å². The SMILES string of the molecule is CCCCCCCCn1cccc1C(CCCc1ccccc1)c1cccn1CCCCCCCC. The van der Waals surface area contributed by atoms with Crippen LogP contribution in [0.3, 0.4) is 0 Å². The van der Waals surface area contributed by atoms with E-state index < -0.39 is 0 Å². The molecular weight excluding hydrogens is 436 g/mol. The van der Waals surface area contributed by atoms with Crippen molar-refractivity contribution in [3.63, 3.8) is 0 Å². The van der Waals surface area contributed by atoms with Crippen molar-refractivity contribution >= 4 is 0 Å². The molecule has 0 N–H and O–H groups in total. The summed E-state index contributed by atoms with van der Waals surface area (Å²) in [6, 6.07) is 20.4. The van der Waals surface area contributed by atoms with Gasteiger partial charge in [-0.1, -0.05) is 108 Å². The molecule has 2 heterocycles. The first kappa shape index (κ1) is 28.4. The van der Waals surface area contributed by atoms with Crippen molar-refractivity contribution < 1.29 is 0 Å². The molecule has 0 saturated heterocycles. The van der Waals surface area contributed by atoms with Crippen LogP contribution in [0, 0.1) is 0 Å². The summed E-state index contributed by atoms with van der Waals surface area (Å²) >= 11 is 0. The number of aryl methyl sites for hydroxylation is 3. The number of hydrogen-bond donors (Lipinski definition) is 0. The molecule has 0 spiro atoms.